The lowest BCUT2D eigenvalue weighted by molar-refractivity contribution is -0.137. The molecule has 1 aliphatic rings. The molecular weight excluding hydrogens is 549 g/mol. The predicted octanol–water partition coefficient (Wildman–Crippen LogP) is 7.12. The molecule has 2 aromatic carbocycles. The number of alkyl halides is 3. The molecule has 0 bridgehead atoms. The van der Waals surface area contributed by atoms with Crippen molar-refractivity contribution in [2.45, 2.75) is 45.0 Å². The second-order valence-corrected chi connectivity index (χ2v) is 10.5. The lowest BCUT2D eigenvalue weighted by Gasteiger charge is -2.36. The number of carbonyl (C=O) groups is 1. The van der Waals surface area contributed by atoms with Gasteiger partial charge in [0, 0.05) is 47.1 Å². The third-order valence-electron chi connectivity index (χ3n) is 5.67. The number of hydrogen-bond donors (Lipinski definition) is 2. The number of amides is 1. The van der Waals surface area contributed by atoms with Crippen molar-refractivity contribution in [2.75, 3.05) is 18.9 Å². The van der Waals surface area contributed by atoms with Gasteiger partial charge in [-0.3, -0.25) is 0 Å². The largest absolute Gasteiger partial charge is 0.444 e. The fraction of sp³-hybridized carbons (Fsp3) is 0.333. The molecule has 37 heavy (non-hydrogen) atoms. The van der Waals surface area contributed by atoms with Gasteiger partial charge in [0.2, 0.25) is 0 Å². The Morgan fingerprint density at radius 2 is 1.92 bits per heavy atom. The first kappa shape index (κ1) is 28.1. The van der Waals surface area contributed by atoms with E-state index in [-0.39, 0.29) is 5.69 Å². The van der Waals surface area contributed by atoms with Crippen LogP contribution in [0.15, 0.2) is 70.5 Å². The zero-order valence-corrected chi connectivity index (χ0v) is 22.5. The molecule has 1 aliphatic heterocycles. The maximum absolute atomic E-state index is 13.3. The van der Waals surface area contributed by atoms with Crippen LogP contribution in [0.25, 0.3) is 0 Å². The van der Waals surface area contributed by atoms with Gasteiger partial charge < -0.3 is 20.3 Å². The fourth-order valence-electron chi connectivity index (χ4n) is 3.91. The summed E-state index contributed by atoms with van der Waals surface area (Å²) in [7, 11) is 1.85. The molecule has 6 nitrogen and oxygen atoms in total. The number of hydrogen-bond acceptors (Lipinski definition) is 5. The van der Waals surface area contributed by atoms with Gasteiger partial charge in [0.1, 0.15) is 5.60 Å². The Hall–Kier alpha value is -3.45. The molecule has 2 aromatic rings. The van der Waals surface area contributed by atoms with Crippen molar-refractivity contribution in [1.29, 1.82) is 5.26 Å². The van der Waals surface area contributed by atoms with Crippen LogP contribution in [-0.2, 0) is 10.9 Å². The Balaban J connectivity index is 2.15. The second kappa shape index (κ2) is 10.9. The standard InChI is InChI=1S/C27H28BrF3N4O2/c1-16-23(22(11-12-35(16)5)33-19-8-6-7-18(14-19)27(29,30)31)24(34-25(36)37-26(2,3)4)20-10-9-17(15-32)13-21(20)28/h6-10,13-14,24,33H,1,11-12H2,2-5H3,(H,34,36). The van der Waals surface area contributed by atoms with Gasteiger partial charge in [-0.2, -0.15) is 18.4 Å². The van der Waals surface area contributed by atoms with Gasteiger partial charge >= 0.3 is 12.3 Å². The number of alkyl carbamates (subject to hydrolysis) is 1. The van der Waals surface area contributed by atoms with Gasteiger partial charge in [-0.05, 0) is 56.7 Å². The van der Waals surface area contributed by atoms with Crippen molar-refractivity contribution in [2.24, 2.45) is 0 Å². The van der Waals surface area contributed by atoms with Gasteiger partial charge in [-0.25, -0.2) is 4.79 Å². The number of carbonyl (C=O) groups excluding carboxylic acids is 1. The van der Waals surface area contributed by atoms with E-state index in [1.807, 2.05) is 11.9 Å². The first-order valence-electron chi connectivity index (χ1n) is 11.5. The molecule has 0 saturated heterocycles. The van der Waals surface area contributed by atoms with Gasteiger partial charge in [0.25, 0.3) is 0 Å². The summed E-state index contributed by atoms with van der Waals surface area (Å²) < 4.78 is 46.0. The zero-order valence-electron chi connectivity index (χ0n) is 21.0. The number of halogens is 4. The molecule has 196 valence electrons. The molecule has 1 unspecified atom stereocenters. The van der Waals surface area contributed by atoms with E-state index < -0.39 is 29.5 Å². The lowest BCUT2D eigenvalue weighted by atomic mass is 9.90. The van der Waals surface area contributed by atoms with Crippen LogP contribution in [0.4, 0.5) is 23.7 Å². The molecular formula is C27H28BrF3N4O2. The highest BCUT2D eigenvalue weighted by Crippen LogP contribution is 2.39. The topological polar surface area (TPSA) is 77.4 Å². The van der Waals surface area contributed by atoms with E-state index in [1.165, 1.54) is 6.07 Å². The molecule has 1 atom stereocenters. The van der Waals surface area contributed by atoms with Gasteiger partial charge in [0.15, 0.2) is 0 Å². The minimum Gasteiger partial charge on any atom is -0.444 e. The third-order valence-corrected chi connectivity index (χ3v) is 6.36. The molecule has 1 amide bonds. The van der Waals surface area contributed by atoms with Crippen molar-refractivity contribution >= 4 is 27.7 Å². The highest BCUT2D eigenvalue weighted by atomic mass is 79.9. The van der Waals surface area contributed by atoms with E-state index in [1.54, 1.807) is 45.0 Å². The van der Waals surface area contributed by atoms with Crippen molar-refractivity contribution in [1.82, 2.24) is 10.2 Å². The molecule has 3 rings (SSSR count). The van der Waals surface area contributed by atoms with Gasteiger partial charge in [-0.1, -0.05) is 34.6 Å². The fourth-order valence-corrected chi connectivity index (χ4v) is 4.52. The molecule has 0 aromatic heterocycles. The average molecular weight is 577 g/mol. The number of nitrogens with zero attached hydrogens (tertiary/aromatic N) is 2. The van der Waals surface area contributed by atoms with Crippen LogP contribution in [0.5, 0.6) is 0 Å². The summed E-state index contributed by atoms with van der Waals surface area (Å²) in [6.45, 7) is 10.00. The summed E-state index contributed by atoms with van der Waals surface area (Å²) in [6, 6.07) is 11.2. The first-order valence-corrected chi connectivity index (χ1v) is 12.3. The smallest absolute Gasteiger partial charge is 0.416 e. The van der Waals surface area contributed by atoms with Crippen LogP contribution < -0.4 is 10.6 Å². The van der Waals surface area contributed by atoms with E-state index in [4.69, 9.17) is 4.74 Å². The molecule has 0 spiro atoms. The van der Waals surface area contributed by atoms with Crippen molar-refractivity contribution in [3.8, 4) is 6.07 Å². The van der Waals surface area contributed by atoms with E-state index in [0.717, 1.165) is 12.1 Å². The van der Waals surface area contributed by atoms with E-state index in [2.05, 4.69) is 39.2 Å². The first-order chi connectivity index (χ1) is 17.2. The highest BCUT2D eigenvalue weighted by Gasteiger charge is 2.33. The number of nitriles is 1. The summed E-state index contributed by atoms with van der Waals surface area (Å²) in [5.74, 6) is 0. The Kier molecular flexibility index (Phi) is 8.28. The van der Waals surface area contributed by atoms with Crippen molar-refractivity contribution < 1.29 is 22.7 Å². The van der Waals surface area contributed by atoms with E-state index in [0.29, 0.717) is 45.5 Å². The number of benzene rings is 2. The minimum absolute atomic E-state index is 0.259. The van der Waals surface area contributed by atoms with E-state index in [9.17, 15) is 23.2 Å². The van der Waals surface area contributed by atoms with Gasteiger partial charge in [-0.15, -0.1) is 0 Å². The lowest BCUT2D eigenvalue weighted by Crippen LogP contribution is -2.39. The maximum atomic E-state index is 13.3. The average Bonchev–Trinajstić information content (AvgIpc) is 2.79. The minimum atomic E-state index is -4.49. The number of anilines is 1. The maximum Gasteiger partial charge on any atom is 0.416 e. The second-order valence-electron chi connectivity index (χ2n) is 9.64. The predicted molar refractivity (Wildman–Crippen MR) is 139 cm³/mol. The van der Waals surface area contributed by atoms with Crippen molar-refractivity contribution in [3.63, 3.8) is 0 Å². The molecule has 1 heterocycles. The third kappa shape index (κ3) is 7.07. The van der Waals surface area contributed by atoms with Gasteiger partial charge in [0.05, 0.1) is 23.2 Å². The SMILES string of the molecule is C=C1C(C(NC(=O)OC(C)(C)C)c2ccc(C#N)cc2Br)=C(Nc2cccc(C(F)(F)F)c2)CCN1C. The number of nitrogens with one attached hydrogen (secondary N) is 2. The molecule has 0 saturated carbocycles. The monoisotopic (exact) mass is 576 g/mol. The van der Waals surface area contributed by atoms with Crippen LogP contribution in [0, 0.1) is 11.3 Å². The molecule has 0 aliphatic carbocycles. The molecule has 0 fully saturated rings. The van der Waals surface area contributed by atoms with Crippen LogP contribution in [0.3, 0.4) is 0 Å². The molecule has 2 N–H and O–H groups in total. The molecule has 0 radical (unpaired) electrons. The summed E-state index contributed by atoms with van der Waals surface area (Å²) >= 11 is 3.51. The Morgan fingerprint density at radius 3 is 2.51 bits per heavy atom. The summed E-state index contributed by atoms with van der Waals surface area (Å²) in [5, 5.41) is 15.3. The molecule has 10 heteroatoms. The van der Waals surface area contributed by atoms with Crippen LogP contribution in [0.1, 0.15) is 49.9 Å². The quantitative estimate of drug-likeness (QED) is 0.396. The zero-order chi connectivity index (χ0) is 27.5. The summed E-state index contributed by atoms with van der Waals surface area (Å²) in [4.78, 5) is 14.8. The van der Waals surface area contributed by atoms with Crippen LogP contribution >= 0.6 is 15.9 Å². The number of likely N-dealkylation sites (N-methyl/N-ethyl adjacent to an activating group) is 1. The van der Waals surface area contributed by atoms with E-state index >= 15 is 0 Å². The summed E-state index contributed by atoms with van der Waals surface area (Å²) in [6.07, 6.45) is -4.71. The Labute approximate surface area is 222 Å². The number of ether oxygens (including phenoxy) is 1. The Morgan fingerprint density at radius 1 is 1.22 bits per heavy atom. The van der Waals surface area contributed by atoms with Crippen molar-refractivity contribution in [3.05, 3.63) is 87.2 Å². The highest BCUT2D eigenvalue weighted by molar-refractivity contribution is 9.10. The van der Waals surface area contributed by atoms with Crippen LogP contribution in [-0.4, -0.2) is 30.2 Å². The number of rotatable bonds is 5. The normalized spacial score (nSPS) is 15.2. The Bertz CT molecular complexity index is 1280. The van der Waals surface area contributed by atoms with Crippen LogP contribution in [0.2, 0.25) is 0 Å². The summed E-state index contributed by atoms with van der Waals surface area (Å²) in [5.41, 5.74) is 1.55.